The first-order valence-corrected chi connectivity index (χ1v) is 6.11. The van der Waals surface area contributed by atoms with E-state index in [2.05, 4.69) is 17.1 Å². The molecule has 18 heavy (non-hydrogen) atoms. The van der Waals surface area contributed by atoms with Crippen LogP contribution >= 0.6 is 0 Å². The van der Waals surface area contributed by atoms with Gasteiger partial charge in [-0.05, 0) is 37.0 Å². The van der Waals surface area contributed by atoms with E-state index in [0.29, 0.717) is 12.2 Å². The number of nitrogens with two attached hydrogens (primary N) is 1. The van der Waals surface area contributed by atoms with Crippen molar-refractivity contribution in [3.05, 3.63) is 59.3 Å². The van der Waals surface area contributed by atoms with Crippen molar-refractivity contribution >= 4 is 5.82 Å². The van der Waals surface area contributed by atoms with E-state index in [9.17, 15) is 5.11 Å². The molecule has 0 fully saturated rings. The highest BCUT2D eigenvalue weighted by Crippen LogP contribution is 2.23. The SMILES string of the molecule is Cc1cnc(N)c(C(O)CCc2ccccc2)c1. The van der Waals surface area contributed by atoms with Crippen molar-refractivity contribution < 1.29 is 5.11 Å². The number of aromatic nitrogens is 1. The van der Waals surface area contributed by atoms with Crippen LogP contribution < -0.4 is 5.73 Å². The Morgan fingerprint density at radius 2 is 2.00 bits per heavy atom. The Morgan fingerprint density at radius 1 is 1.28 bits per heavy atom. The van der Waals surface area contributed by atoms with E-state index >= 15 is 0 Å². The monoisotopic (exact) mass is 242 g/mol. The van der Waals surface area contributed by atoms with E-state index in [1.165, 1.54) is 5.56 Å². The van der Waals surface area contributed by atoms with Gasteiger partial charge in [-0.25, -0.2) is 4.98 Å². The molecule has 0 saturated carbocycles. The van der Waals surface area contributed by atoms with Crippen LogP contribution in [0.1, 0.15) is 29.2 Å². The van der Waals surface area contributed by atoms with E-state index < -0.39 is 6.10 Å². The summed E-state index contributed by atoms with van der Waals surface area (Å²) in [5, 5.41) is 10.2. The average molecular weight is 242 g/mol. The lowest BCUT2D eigenvalue weighted by Crippen LogP contribution is -2.05. The summed E-state index contributed by atoms with van der Waals surface area (Å²) >= 11 is 0. The van der Waals surface area contributed by atoms with E-state index in [4.69, 9.17) is 5.73 Å². The van der Waals surface area contributed by atoms with Crippen molar-refractivity contribution in [2.75, 3.05) is 5.73 Å². The molecule has 2 aromatic rings. The van der Waals surface area contributed by atoms with Crippen LogP contribution in [-0.2, 0) is 6.42 Å². The maximum absolute atomic E-state index is 10.2. The number of pyridine rings is 1. The van der Waals surface area contributed by atoms with Crippen molar-refractivity contribution in [1.82, 2.24) is 4.98 Å². The number of aryl methyl sites for hydroxylation is 2. The molecule has 1 atom stereocenters. The minimum atomic E-state index is -0.558. The first-order chi connectivity index (χ1) is 8.66. The molecular formula is C15H18N2O. The maximum Gasteiger partial charge on any atom is 0.129 e. The lowest BCUT2D eigenvalue weighted by Gasteiger charge is -2.13. The second-order valence-electron chi connectivity index (χ2n) is 4.53. The zero-order valence-corrected chi connectivity index (χ0v) is 10.5. The summed E-state index contributed by atoms with van der Waals surface area (Å²) in [7, 11) is 0. The summed E-state index contributed by atoms with van der Waals surface area (Å²) < 4.78 is 0. The van der Waals surface area contributed by atoms with Gasteiger partial charge in [-0.15, -0.1) is 0 Å². The summed E-state index contributed by atoms with van der Waals surface area (Å²) in [5.74, 6) is 0.418. The van der Waals surface area contributed by atoms with Gasteiger partial charge in [0, 0.05) is 11.8 Å². The number of aliphatic hydroxyl groups excluding tert-OH is 1. The molecule has 1 heterocycles. The molecule has 3 nitrogen and oxygen atoms in total. The molecule has 1 aromatic carbocycles. The topological polar surface area (TPSA) is 59.1 Å². The van der Waals surface area contributed by atoms with Gasteiger partial charge in [0.2, 0.25) is 0 Å². The number of benzene rings is 1. The second-order valence-corrected chi connectivity index (χ2v) is 4.53. The summed E-state index contributed by atoms with van der Waals surface area (Å²) in [5.41, 5.74) is 8.75. The first kappa shape index (κ1) is 12.6. The van der Waals surface area contributed by atoms with Gasteiger partial charge in [0.15, 0.2) is 0 Å². The summed E-state index contributed by atoms with van der Waals surface area (Å²) in [6.07, 6.45) is 2.63. The van der Waals surface area contributed by atoms with E-state index in [-0.39, 0.29) is 0 Å². The lowest BCUT2D eigenvalue weighted by atomic mass is 10.0. The molecule has 0 bridgehead atoms. The normalized spacial score (nSPS) is 12.3. The predicted molar refractivity (Wildman–Crippen MR) is 73.1 cm³/mol. The third kappa shape index (κ3) is 3.08. The Kier molecular flexibility index (Phi) is 3.95. The van der Waals surface area contributed by atoms with Crippen LogP contribution in [0.3, 0.4) is 0 Å². The number of nitrogen functional groups attached to an aromatic ring is 1. The zero-order chi connectivity index (χ0) is 13.0. The van der Waals surface area contributed by atoms with E-state index in [1.807, 2.05) is 31.2 Å². The highest BCUT2D eigenvalue weighted by Gasteiger charge is 2.12. The van der Waals surface area contributed by atoms with Crippen LogP contribution in [0.4, 0.5) is 5.82 Å². The van der Waals surface area contributed by atoms with E-state index in [1.54, 1.807) is 6.20 Å². The van der Waals surface area contributed by atoms with Gasteiger partial charge in [-0.2, -0.15) is 0 Å². The fourth-order valence-electron chi connectivity index (χ4n) is 1.97. The van der Waals surface area contributed by atoms with Crippen molar-refractivity contribution in [2.24, 2.45) is 0 Å². The van der Waals surface area contributed by atoms with Crippen LogP contribution in [0, 0.1) is 6.92 Å². The second kappa shape index (κ2) is 5.65. The molecule has 0 spiro atoms. The van der Waals surface area contributed by atoms with Gasteiger partial charge >= 0.3 is 0 Å². The molecule has 0 aliphatic carbocycles. The quantitative estimate of drug-likeness (QED) is 0.866. The summed E-state index contributed by atoms with van der Waals surface area (Å²) in [6, 6.07) is 12.0. The fraction of sp³-hybridized carbons (Fsp3) is 0.267. The molecule has 2 rings (SSSR count). The van der Waals surface area contributed by atoms with E-state index in [0.717, 1.165) is 17.5 Å². The van der Waals surface area contributed by atoms with Crippen molar-refractivity contribution in [3.8, 4) is 0 Å². The van der Waals surface area contributed by atoms with Crippen LogP contribution in [0.25, 0.3) is 0 Å². The van der Waals surface area contributed by atoms with Gasteiger partial charge in [-0.3, -0.25) is 0 Å². The molecule has 0 radical (unpaired) electrons. The molecule has 0 aliphatic rings. The maximum atomic E-state index is 10.2. The standard InChI is InChI=1S/C15H18N2O/c1-11-9-13(15(16)17-10-11)14(18)8-7-12-5-3-2-4-6-12/h2-6,9-10,14,18H,7-8H2,1H3,(H2,16,17). The van der Waals surface area contributed by atoms with Crippen molar-refractivity contribution in [1.29, 1.82) is 0 Å². The number of hydrogen-bond donors (Lipinski definition) is 2. The third-order valence-corrected chi connectivity index (χ3v) is 2.99. The molecule has 1 aromatic heterocycles. The average Bonchev–Trinajstić information content (AvgIpc) is 2.40. The van der Waals surface area contributed by atoms with Crippen LogP contribution in [0.5, 0.6) is 0 Å². The Bertz CT molecular complexity index is 511. The smallest absolute Gasteiger partial charge is 0.129 e. The van der Waals surface area contributed by atoms with Gasteiger partial charge in [-0.1, -0.05) is 30.3 Å². The summed E-state index contributed by atoms with van der Waals surface area (Å²) in [6.45, 7) is 1.94. The number of nitrogens with zero attached hydrogens (tertiary/aromatic N) is 1. The Morgan fingerprint density at radius 3 is 2.72 bits per heavy atom. The largest absolute Gasteiger partial charge is 0.388 e. The Balaban J connectivity index is 2.03. The minimum Gasteiger partial charge on any atom is -0.388 e. The third-order valence-electron chi connectivity index (χ3n) is 2.99. The van der Waals surface area contributed by atoms with Crippen molar-refractivity contribution in [3.63, 3.8) is 0 Å². The first-order valence-electron chi connectivity index (χ1n) is 6.11. The molecule has 0 saturated heterocycles. The number of rotatable bonds is 4. The van der Waals surface area contributed by atoms with Crippen LogP contribution in [-0.4, -0.2) is 10.1 Å². The lowest BCUT2D eigenvalue weighted by molar-refractivity contribution is 0.168. The highest BCUT2D eigenvalue weighted by atomic mass is 16.3. The molecule has 0 amide bonds. The fourth-order valence-corrected chi connectivity index (χ4v) is 1.97. The highest BCUT2D eigenvalue weighted by molar-refractivity contribution is 5.42. The zero-order valence-electron chi connectivity index (χ0n) is 10.5. The van der Waals surface area contributed by atoms with Gasteiger partial charge in [0.25, 0.3) is 0 Å². The van der Waals surface area contributed by atoms with Crippen molar-refractivity contribution in [2.45, 2.75) is 25.9 Å². The predicted octanol–water partition coefficient (Wildman–Crippen LogP) is 2.64. The molecule has 94 valence electrons. The van der Waals surface area contributed by atoms with Crippen LogP contribution in [0.2, 0.25) is 0 Å². The molecule has 3 N–H and O–H groups in total. The Labute approximate surface area is 107 Å². The van der Waals surface area contributed by atoms with Gasteiger partial charge < -0.3 is 10.8 Å². The Hall–Kier alpha value is -1.87. The molecule has 3 heteroatoms. The number of anilines is 1. The van der Waals surface area contributed by atoms with Crippen LogP contribution in [0.15, 0.2) is 42.6 Å². The number of aliphatic hydroxyl groups is 1. The molecular weight excluding hydrogens is 224 g/mol. The van der Waals surface area contributed by atoms with Gasteiger partial charge in [0.05, 0.1) is 6.10 Å². The minimum absolute atomic E-state index is 0.418. The van der Waals surface area contributed by atoms with Gasteiger partial charge in [0.1, 0.15) is 5.82 Å². The summed E-state index contributed by atoms with van der Waals surface area (Å²) in [4.78, 5) is 4.07. The molecule has 1 unspecified atom stereocenters. The number of hydrogen-bond acceptors (Lipinski definition) is 3. The molecule has 0 aliphatic heterocycles.